The van der Waals surface area contributed by atoms with E-state index in [1.165, 1.54) is 12.1 Å². The van der Waals surface area contributed by atoms with E-state index in [1.807, 2.05) is 13.0 Å². The summed E-state index contributed by atoms with van der Waals surface area (Å²) >= 11 is 0. The van der Waals surface area contributed by atoms with E-state index in [1.54, 1.807) is 18.2 Å². The Bertz CT molecular complexity index is 879. The summed E-state index contributed by atoms with van der Waals surface area (Å²) in [7, 11) is 0. The summed E-state index contributed by atoms with van der Waals surface area (Å²) in [5.74, 6) is -1.05. The van der Waals surface area contributed by atoms with E-state index in [2.05, 4.69) is 10.5 Å². The normalized spacial score (nSPS) is 10.8. The Hall–Kier alpha value is -3.80. The lowest BCUT2D eigenvalue weighted by molar-refractivity contribution is 0.0658. The molecule has 0 fully saturated rings. The number of aryl methyl sites for hydroxylation is 1. The zero-order valence-corrected chi connectivity index (χ0v) is 13.2. The van der Waals surface area contributed by atoms with Gasteiger partial charge in [-0.1, -0.05) is 6.07 Å². The van der Waals surface area contributed by atoms with Gasteiger partial charge in [0.2, 0.25) is 11.5 Å². The van der Waals surface area contributed by atoms with Crippen molar-refractivity contribution in [3.05, 3.63) is 47.4 Å². The van der Waals surface area contributed by atoms with E-state index in [0.717, 1.165) is 5.56 Å². The van der Waals surface area contributed by atoms with Crippen molar-refractivity contribution >= 4 is 23.2 Å². The van der Waals surface area contributed by atoms with Gasteiger partial charge in [0.1, 0.15) is 24.2 Å². The second kappa shape index (κ2) is 7.65. The Morgan fingerprint density at radius 2 is 2.24 bits per heavy atom. The molecule has 25 heavy (non-hydrogen) atoms. The Morgan fingerprint density at radius 3 is 2.84 bits per heavy atom. The predicted octanol–water partition coefficient (Wildman–Crippen LogP) is 2.09. The second-order valence-corrected chi connectivity index (χ2v) is 4.96. The fraction of sp³-hybridized carbons (Fsp3) is 0.125. The number of carbonyl (C=O) groups is 1. The van der Waals surface area contributed by atoms with Crippen LogP contribution in [0.5, 0.6) is 5.75 Å². The number of amidine groups is 1. The van der Waals surface area contributed by atoms with Gasteiger partial charge in [0.25, 0.3) is 0 Å². The van der Waals surface area contributed by atoms with Crippen molar-refractivity contribution in [3.8, 4) is 11.8 Å². The average Bonchev–Trinajstić information content (AvgIpc) is 3.03. The van der Waals surface area contributed by atoms with Gasteiger partial charge in [-0.25, -0.2) is 4.79 Å². The number of rotatable bonds is 7. The SMILES string of the molecule is Cc1ccc(OCc2ccc(C(=O)O)o2)c(N/N=C(\C#N)C(=N)N)c1. The molecule has 5 N–H and O–H groups in total. The number of nitrogens with two attached hydrogens (primary N) is 1. The van der Waals surface area contributed by atoms with E-state index in [4.69, 9.17) is 30.7 Å². The number of hydrogen-bond acceptors (Lipinski definition) is 7. The van der Waals surface area contributed by atoms with Crippen LogP contribution in [-0.4, -0.2) is 22.6 Å². The Labute approximate surface area is 142 Å². The first-order chi connectivity index (χ1) is 11.9. The highest BCUT2D eigenvalue weighted by atomic mass is 16.5. The number of anilines is 1. The number of nitrogens with one attached hydrogen (secondary N) is 2. The van der Waals surface area contributed by atoms with Crippen LogP contribution in [0.4, 0.5) is 5.69 Å². The number of hydrogen-bond donors (Lipinski definition) is 4. The predicted molar refractivity (Wildman–Crippen MR) is 89.8 cm³/mol. The number of nitriles is 1. The Morgan fingerprint density at radius 1 is 1.48 bits per heavy atom. The van der Waals surface area contributed by atoms with Gasteiger partial charge in [0.05, 0.1) is 5.69 Å². The second-order valence-electron chi connectivity index (χ2n) is 4.96. The molecule has 0 radical (unpaired) electrons. The number of aromatic carboxylic acids is 1. The van der Waals surface area contributed by atoms with Gasteiger partial charge in [-0.05, 0) is 36.8 Å². The molecule has 9 heteroatoms. The number of benzene rings is 1. The van der Waals surface area contributed by atoms with Crippen LogP contribution in [0.3, 0.4) is 0 Å². The third kappa shape index (κ3) is 4.59. The molecule has 9 nitrogen and oxygen atoms in total. The summed E-state index contributed by atoms with van der Waals surface area (Å²) in [6.07, 6.45) is 0. The van der Waals surface area contributed by atoms with Gasteiger partial charge in [-0.2, -0.15) is 10.4 Å². The largest absolute Gasteiger partial charge is 0.483 e. The minimum atomic E-state index is -1.16. The molecule has 0 amide bonds. The van der Waals surface area contributed by atoms with Gasteiger partial charge in [-0.3, -0.25) is 10.8 Å². The minimum absolute atomic E-state index is 0.00650. The zero-order valence-electron chi connectivity index (χ0n) is 13.2. The van der Waals surface area contributed by atoms with Crippen molar-refractivity contribution in [3.63, 3.8) is 0 Å². The van der Waals surface area contributed by atoms with Gasteiger partial charge in [0, 0.05) is 0 Å². The topological polar surface area (TPSA) is 158 Å². The maximum absolute atomic E-state index is 10.8. The zero-order chi connectivity index (χ0) is 18.4. The number of nitrogens with zero attached hydrogens (tertiary/aromatic N) is 2. The molecule has 1 aromatic heterocycles. The maximum atomic E-state index is 10.8. The third-order valence-electron chi connectivity index (χ3n) is 3.03. The molecule has 0 saturated heterocycles. The summed E-state index contributed by atoms with van der Waals surface area (Å²) < 4.78 is 10.7. The highest BCUT2D eigenvalue weighted by Gasteiger charge is 2.11. The standard InChI is InChI=1S/C16H15N5O4/c1-9-2-4-13(11(6-9)20-21-12(7-17)15(18)19)24-8-10-3-5-14(25-10)16(22)23/h2-6,20H,8H2,1H3,(H3,18,19)(H,22,23)/b21-12+. The quantitative estimate of drug-likeness (QED) is 0.341. The van der Waals surface area contributed by atoms with Crippen molar-refractivity contribution in [2.75, 3.05) is 5.43 Å². The molecule has 0 aliphatic rings. The molecule has 0 aliphatic heterocycles. The molecule has 2 rings (SSSR count). The number of hydrazone groups is 1. The van der Waals surface area contributed by atoms with Crippen molar-refractivity contribution < 1.29 is 19.1 Å². The summed E-state index contributed by atoms with van der Waals surface area (Å²) in [6.45, 7) is 1.87. The smallest absolute Gasteiger partial charge is 0.371 e. The van der Waals surface area contributed by atoms with E-state index in [-0.39, 0.29) is 18.1 Å². The highest BCUT2D eigenvalue weighted by Crippen LogP contribution is 2.27. The fourth-order valence-corrected chi connectivity index (χ4v) is 1.84. The van der Waals surface area contributed by atoms with Crippen LogP contribution in [0.1, 0.15) is 21.9 Å². The summed E-state index contributed by atoms with van der Waals surface area (Å²) in [5.41, 5.74) is 8.99. The van der Waals surface area contributed by atoms with Gasteiger partial charge in [-0.15, -0.1) is 0 Å². The van der Waals surface area contributed by atoms with Crippen LogP contribution < -0.4 is 15.9 Å². The van der Waals surface area contributed by atoms with Gasteiger partial charge in [0.15, 0.2) is 5.84 Å². The summed E-state index contributed by atoms with van der Waals surface area (Å²) in [4.78, 5) is 10.8. The van der Waals surface area contributed by atoms with Gasteiger partial charge < -0.3 is 20.0 Å². The molecule has 0 atom stereocenters. The van der Waals surface area contributed by atoms with Crippen molar-refractivity contribution in [2.45, 2.75) is 13.5 Å². The molecule has 0 spiro atoms. The molecule has 0 saturated carbocycles. The van der Waals surface area contributed by atoms with E-state index >= 15 is 0 Å². The first-order valence-corrected chi connectivity index (χ1v) is 7.04. The molecule has 1 heterocycles. The lowest BCUT2D eigenvalue weighted by Crippen LogP contribution is -2.21. The van der Waals surface area contributed by atoms with Crippen LogP contribution >= 0.6 is 0 Å². The molecular formula is C16H15N5O4. The third-order valence-corrected chi connectivity index (χ3v) is 3.03. The van der Waals surface area contributed by atoms with E-state index in [0.29, 0.717) is 17.2 Å². The Balaban J connectivity index is 2.16. The summed E-state index contributed by atoms with van der Waals surface area (Å²) in [5, 5.41) is 28.7. The molecular weight excluding hydrogens is 326 g/mol. The first kappa shape index (κ1) is 17.6. The van der Waals surface area contributed by atoms with Crippen LogP contribution in [0.2, 0.25) is 0 Å². The van der Waals surface area contributed by atoms with Crippen LogP contribution in [0.25, 0.3) is 0 Å². The Kier molecular flexibility index (Phi) is 5.37. The van der Waals surface area contributed by atoms with Gasteiger partial charge >= 0.3 is 5.97 Å². The monoisotopic (exact) mass is 341 g/mol. The minimum Gasteiger partial charge on any atom is -0.483 e. The number of carboxylic acids is 1. The van der Waals surface area contributed by atoms with Crippen molar-refractivity contribution in [1.29, 1.82) is 10.7 Å². The van der Waals surface area contributed by atoms with Crippen LogP contribution in [-0.2, 0) is 6.61 Å². The number of ether oxygens (including phenoxy) is 1. The molecule has 2 aromatic rings. The number of furan rings is 1. The van der Waals surface area contributed by atoms with E-state index < -0.39 is 11.8 Å². The fourth-order valence-electron chi connectivity index (χ4n) is 1.84. The van der Waals surface area contributed by atoms with Crippen molar-refractivity contribution in [1.82, 2.24) is 0 Å². The molecule has 0 aliphatic carbocycles. The van der Waals surface area contributed by atoms with Crippen molar-refractivity contribution in [2.24, 2.45) is 10.8 Å². The molecule has 1 aromatic carbocycles. The molecule has 0 unspecified atom stereocenters. The number of carboxylic acid groups (broad SMARTS) is 1. The lowest BCUT2D eigenvalue weighted by atomic mass is 10.2. The highest BCUT2D eigenvalue weighted by molar-refractivity contribution is 6.45. The van der Waals surface area contributed by atoms with Crippen LogP contribution in [0.15, 0.2) is 39.9 Å². The first-order valence-electron chi connectivity index (χ1n) is 7.04. The molecule has 128 valence electrons. The average molecular weight is 341 g/mol. The molecule has 0 bridgehead atoms. The maximum Gasteiger partial charge on any atom is 0.371 e. The lowest BCUT2D eigenvalue weighted by Gasteiger charge is -2.11. The van der Waals surface area contributed by atoms with E-state index in [9.17, 15) is 4.79 Å². The van der Waals surface area contributed by atoms with Crippen LogP contribution in [0, 0.1) is 23.7 Å². The summed E-state index contributed by atoms with van der Waals surface area (Å²) in [6, 6.07) is 9.78.